The Labute approximate surface area is 88.2 Å². The molecule has 0 aliphatic rings. The molecule has 0 bridgehead atoms. The highest BCUT2D eigenvalue weighted by molar-refractivity contribution is 5.60. The molecule has 0 radical (unpaired) electrons. The number of pyridine rings is 1. The van der Waals surface area contributed by atoms with Crippen LogP contribution < -0.4 is 5.73 Å². The zero-order chi connectivity index (χ0) is 10.7. The summed E-state index contributed by atoms with van der Waals surface area (Å²) in [6, 6.07) is 13.1. The molecule has 0 amide bonds. The summed E-state index contributed by atoms with van der Waals surface area (Å²) >= 11 is 0. The maximum absolute atomic E-state index is 8.91. The Bertz CT molecular complexity index is 451. The predicted molar refractivity (Wildman–Crippen MR) is 60.0 cm³/mol. The minimum Gasteiger partial charge on any atom is -0.392 e. The molecule has 3 nitrogen and oxygen atoms in total. The minimum atomic E-state index is 0.0602. The molecule has 76 valence electrons. The fourth-order valence-corrected chi connectivity index (χ4v) is 1.39. The predicted octanol–water partition coefficient (Wildman–Crippen LogP) is 1.82. The van der Waals surface area contributed by atoms with Crippen molar-refractivity contribution in [2.75, 3.05) is 5.73 Å². The molecule has 1 aromatic heterocycles. The summed E-state index contributed by atoms with van der Waals surface area (Å²) in [6.07, 6.45) is 0. The second kappa shape index (κ2) is 4.11. The fraction of sp³-hybridized carbons (Fsp3) is 0.0833. The van der Waals surface area contributed by atoms with E-state index in [4.69, 9.17) is 10.8 Å². The zero-order valence-corrected chi connectivity index (χ0v) is 8.22. The van der Waals surface area contributed by atoms with Gasteiger partial charge < -0.3 is 10.8 Å². The number of aliphatic hydroxyl groups is 1. The molecule has 0 fully saturated rings. The lowest BCUT2D eigenvalue weighted by atomic mass is 10.1. The van der Waals surface area contributed by atoms with Gasteiger partial charge in [-0.3, -0.25) is 0 Å². The number of rotatable bonds is 2. The Morgan fingerprint density at radius 3 is 2.40 bits per heavy atom. The van der Waals surface area contributed by atoms with E-state index in [1.54, 1.807) is 6.07 Å². The van der Waals surface area contributed by atoms with Crippen molar-refractivity contribution in [2.24, 2.45) is 0 Å². The molecule has 3 N–H and O–H groups in total. The summed E-state index contributed by atoms with van der Waals surface area (Å²) in [7, 11) is 0. The Morgan fingerprint density at radius 1 is 1.07 bits per heavy atom. The molecule has 0 aliphatic heterocycles. The smallest absolute Gasteiger partial charge is 0.124 e. The number of hydrogen-bond donors (Lipinski definition) is 2. The lowest BCUT2D eigenvalue weighted by Crippen LogP contribution is -1.91. The first kappa shape index (κ1) is 9.68. The van der Waals surface area contributed by atoms with Gasteiger partial charge in [-0.1, -0.05) is 30.3 Å². The lowest BCUT2D eigenvalue weighted by Gasteiger charge is -2.02. The van der Waals surface area contributed by atoms with E-state index < -0.39 is 0 Å². The first-order valence-electron chi connectivity index (χ1n) is 4.72. The van der Waals surface area contributed by atoms with Crippen molar-refractivity contribution in [3.8, 4) is 11.3 Å². The highest BCUT2D eigenvalue weighted by Crippen LogP contribution is 2.18. The molecule has 0 aliphatic carbocycles. The van der Waals surface area contributed by atoms with Gasteiger partial charge in [0.25, 0.3) is 0 Å². The van der Waals surface area contributed by atoms with Gasteiger partial charge in [-0.05, 0) is 17.7 Å². The van der Waals surface area contributed by atoms with Crippen molar-refractivity contribution in [1.82, 2.24) is 4.98 Å². The van der Waals surface area contributed by atoms with E-state index in [-0.39, 0.29) is 6.61 Å². The SMILES string of the molecule is Nc1cccc(-c2ccc(CO)cc2)n1. The van der Waals surface area contributed by atoms with Crippen molar-refractivity contribution in [3.63, 3.8) is 0 Å². The second-order valence-electron chi connectivity index (χ2n) is 3.30. The van der Waals surface area contributed by atoms with E-state index >= 15 is 0 Å². The third kappa shape index (κ3) is 2.14. The molecule has 0 saturated carbocycles. The molecule has 2 rings (SSSR count). The summed E-state index contributed by atoms with van der Waals surface area (Å²) in [5, 5.41) is 8.91. The highest BCUT2D eigenvalue weighted by atomic mass is 16.3. The van der Waals surface area contributed by atoms with E-state index in [1.807, 2.05) is 36.4 Å². The van der Waals surface area contributed by atoms with Gasteiger partial charge in [0, 0.05) is 5.56 Å². The van der Waals surface area contributed by atoms with Gasteiger partial charge in [0.15, 0.2) is 0 Å². The standard InChI is InChI=1S/C12H12N2O/c13-12-3-1-2-11(14-12)10-6-4-9(8-15)5-7-10/h1-7,15H,8H2,(H2,13,14). The summed E-state index contributed by atoms with van der Waals surface area (Å²) in [4.78, 5) is 4.21. The van der Waals surface area contributed by atoms with Gasteiger partial charge in [-0.25, -0.2) is 4.98 Å². The highest BCUT2D eigenvalue weighted by Gasteiger charge is 1.99. The monoisotopic (exact) mass is 200 g/mol. The normalized spacial score (nSPS) is 10.2. The molecule has 2 aromatic rings. The van der Waals surface area contributed by atoms with Crippen LogP contribution in [-0.4, -0.2) is 10.1 Å². The van der Waals surface area contributed by atoms with Crippen LogP contribution in [-0.2, 0) is 6.61 Å². The topological polar surface area (TPSA) is 59.1 Å². The Hall–Kier alpha value is -1.87. The van der Waals surface area contributed by atoms with Crippen LogP contribution in [0.3, 0.4) is 0 Å². The molecule has 1 aromatic carbocycles. The maximum Gasteiger partial charge on any atom is 0.124 e. The van der Waals surface area contributed by atoms with E-state index in [2.05, 4.69) is 4.98 Å². The average Bonchev–Trinajstić information content (AvgIpc) is 2.29. The van der Waals surface area contributed by atoms with Crippen molar-refractivity contribution >= 4 is 5.82 Å². The van der Waals surface area contributed by atoms with Gasteiger partial charge in [-0.15, -0.1) is 0 Å². The number of hydrogen-bond acceptors (Lipinski definition) is 3. The summed E-state index contributed by atoms with van der Waals surface area (Å²) in [5.74, 6) is 0.513. The van der Waals surface area contributed by atoms with Gasteiger partial charge >= 0.3 is 0 Å². The van der Waals surface area contributed by atoms with Gasteiger partial charge in [0.1, 0.15) is 5.82 Å². The molecule has 0 spiro atoms. The molecule has 0 saturated heterocycles. The first-order valence-corrected chi connectivity index (χ1v) is 4.72. The van der Waals surface area contributed by atoms with Crippen molar-refractivity contribution in [3.05, 3.63) is 48.0 Å². The number of aliphatic hydroxyl groups excluding tert-OH is 1. The maximum atomic E-state index is 8.91. The quantitative estimate of drug-likeness (QED) is 0.777. The van der Waals surface area contributed by atoms with Crippen LogP contribution in [0.1, 0.15) is 5.56 Å². The summed E-state index contributed by atoms with van der Waals surface area (Å²) < 4.78 is 0. The molecular weight excluding hydrogens is 188 g/mol. The average molecular weight is 200 g/mol. The third-order valence-electron chi connectivity index (χ3n) is 2.20. The number of nitrogen functional groups attached to an aromatic ring is 1. The van der Waals surface area contributed by atoms with Crippen LogP contribution in [0, 0.1) is 0 Å². The fourth-order valence-electron chi connectivity index (χ4n) is 1.39. The Balaban J connectivity index is 2.37. The molecule has 0 unspecified atom stereocenters. The lowest BCUT2D eigenvalue weighted by molar-refractivity contribution is 0.282. The van der Waals surface area contributed by atoms with Gasteiger partial charge in [0.2, 0.25) is 0 Å². The molecule has 1 heterocycles. The van der Waals surface area contributed by atoms with Crippen LogP contribution in [0.2, 0.25) is 0 Å². The molecular formula is C12H12N2O. The minimum absolute atomic E-state index is 0.0602. The van der Waals surface area contributed by atoms with Crippen molar-refractivity contribution < 1.29 is 5.11 Å². The number of nitrogens with two attached hydrogens (primary N) is 1. The second-order valence-corrected chi connectivity index (χ2v) is 3.30. The van der Waals surface area contributed by atoms with Gasteiger partial charge in [-0.2, -0.15) is 0 Å². The molecule has 15 heavy (non-hydrogen) atoms. The van der Waals surface area contributed by atoms with E-state index in [9.17, 15) is 0 Å². The van der Waals surface area contributed by atoms with Crippen LogP contribution >= 0.6 is 0 Å². The molecule has 0 atom stereocenters. The van der Waals surface area contributed by atoms with E-state index in [0.29, 0.717) is 5.82 Å². The van der Waals surface area contributed by atoms with Crippen LogP contribution in [0.15, 0.2) is 42.5 Å². The Morgan fingerprint density at radius 2 is 1.80 bits per heavy atom. The first-order chi connectivity index (χ1) is 7.29. The zero-order valence-electron chi connectivity index (χ0n) is 8.22. The van der Waals surface area contributed by atoms with E-state index in [0.717, 1.165) is 16.8 Å². The van der Waals surface area contributed by atoms with Crippen molar-refractivity contribution in [1.29, 1.82) is 0 Å². The van der Waals surface area contributed by atoms with Crippen molar-refractivity contribution in [2.45, 2.75) is 6.61 Å². The van der Waals surface area contributed by atoms with E-state index in [1.165, 1.54) is 0 Å². The number of nitrogens with zero attached hydrogens (tertiary/aromatic N) is 1. The Kier molecular flexibility index (Phi) is 2.65. The number of anilines is 1. The van der Waals surface area contributed by atoms with Crippen LogP contribution in [0.4, 0.5) is 5.82 Å². The molecule has 3 heteroatoms. The van der Waals surface area contributed by atoms with Crippen LogP contribution in [0.5, 0.6) is 0 Å². The largest absolute Gasteiger partial charge is 0.392 e. The van der Waals surface area contributed by atoms with Gasteiger partial charge in [0.05, 0.1) is 12.3 Å². The number of benzene rings is 1. The van der Waals surface area contributed by atoms with Crippen LogP contribution in [0.25, 0.3) is 11.3 Å². The summed E-state index contributed by atoms with van der Waals surface area (Å²) in [5.41, 5.74) is 8.34. The number of aromatic nitrogens is 1. The third-order valence-corrected chi connectivity index (χ3v) is 2.20. The summed E-state index contributed by atoms with van der Waals surface area (Å²) in [6.45, 7) is 0.0602.